The Labute approximate surface area is 106 Å². The van der Waals surface area contributed by atoms with E-state index < -0.39 is 18.0 Å². The maximum atomic E-state index is 11.8. The van der Waals surface area contributed by atoms with E-state index in [2.05, 4.69) is 15.3 Å². The molecule has 6 nitrogen and oxygen atoms in total. The highest BCUT2D eigenvalue weighted by Gasteiger charge is 2.38. The van der Waals surface area contributed by atoms with Crippen LogP contribution in [0.1, 0.15) is 16.9 Å². The summed E-state index contributed by atoms with van der Waals surface area (Å²) in [5.41, 5.74) is 0.113. The van der Waals surface area contributed by atoms with Crippen LogP contribution in [0.15, 0.2) is 18.6 Å². The van der Waals surface area contributed by atoms with Crippen LogP contribution in [0.2, 0.25) is 0 Å². The van der Waals surface area contributed by atoms with Crippen LogP contribution in [0.25, 0.3) is 0 Å². The summed E-state index contributed by atoms with van der Waals surface area (Å²) in [6.45, 7) is -0.0629. The van der Waals surface area contributed by atoms with Gasteiger partial charge in [-0.3, -0.25) is 14.6 Å². The van der Waals surface area contributed by atoms with Gasteiger partial charge in [-0.05, 0) is 6.42 Å². The summed E-state index contributed by atoms with van der Waals surface area (Å²) in [4.78, 5) is 29.3. The van der Waals surface area contributed by atoms with Crippen LogP contribution >= 0.6 is 0 Å². The number of halogens is 3. The molecule has 0 radical (unpaired) electrons. The monoisotopic (exact) mass is 276 g/mol. The molecule has 2 N–H and O–H groups in total. The molecule has 9 heteroatoms. The summed E-state index contributed by atoms with van der Waals surface area (Å²) >= 11 is 0. The predicted molar refractivity (Wildman–Crippen MR) is 58.0 cm³/mol. The standard InChI is InChI=1S/C10H11F3N4O2/c11-10(12,13)9(19)17-3-1-2-16-8(18)7-6-14-4-5-15-7/h4-6H,1-3H2,(H,16,18)(H,17,19). The second-order valence-electron chi connectivity index (χ2n) is 3.45. The van der Waals surface area contributed by atoms with Crippen molar-refractivity contribution in [3.8, 4) is 0 Å². The molecule has 2 amide bonds. The van der Waals surface area contributed by atoms with Crippen molar-refractivity contribution in [2.24, 2.45) is 0 Å². The van der Waals surface area contributed by atoms with Gasteiger partial charge in [0.05, 0.1) is 6.20 Å². The molecular weight excluding hydrogens is 265 g/mol. The Hall–Kier alpha value is -2.19. The van der Waals surface area contributed by atoms with E-state index in [1.165, 1.54) is 18.6 Å². The lowest BCUT2D eigenvalue weighted by Crippen LogP contribution is -2.38. The van der Waals surface area contributed by atoms with Gasteiger partial charge in [0.2, 0.25) is 0 Å². The fraction of sp³-hybridized carbons (Fsp3) is 0.400. The minimum absolute atomic E-state index is 0.113. The number of carbonyl (C=O) groups is 2. The molecule has 0 bridgehead atoms. The highest BCUT2D eigenvalue weighted by molar-refractivity contribution is 5.91. The third kappa shape index (κ3) is 5.32. The van der Waals surface area contributed by atoms with Crippen LogP contribution in [-0.4, -0.2) is 41.0 Å². The predicted octanol–water partition coefficient (Wildman–Crippen LogP) is 0.275. The van der Waals surface area contributed by atoms with Crippen molar-refractivity contribution in [1.29, 1.82) is 0 Å². The third-order valence-corrected chi connectivity index (χ3v) is 1.98. The molecule has 0 spiro atoms. The molecule has 0 unspecified atom stereocenters. The first-order valence-corrected chi connectivity index (χ1v) is 5.30. The first-order chi connectivity index (χ1) is 8.91. The van der Waals surface area contributed by atoms with Crippen LogP contribution in [-0.2, 0) is 4.79 Å². The average molecular weight is 276 g/mol. The summed E-state index contributed by atoms with van der Waals surface area (Å²) < 4.78 is 35.4. The molecule has 0 aliphatic rings. The SMILES string of the molecule is O=C(NCCCNC(=O)C(F)(F)F)c1cnccn1. The zero-order valence-corrected chi connectivity index (χ0v) is 9.70. The number of nitrogens with zero attached hydrogens (tertiary/aromatic N) is 2. The van der Waals surface area contributed by atoms with E-state index in [9.17, 15) is 22.8 Å². The van der Waals surface area contributed by atoms with Crippen molar-refractivity contribution in [3.05, 3.63) is 24.3 Å². The van der Waals surface area contributed by atoms with E-state index in [4.69, 9.17) is 0 Å². The molecule has 1 heterocycles. The Bertz CT molecular complexity index is 436. The van der Waals surface area contributed by atoms with Gasteiger partial charge in [0, 0.05) is 25.5 Å². The Morgan fingerprint density at radius 2 is 1.84 bits per heavy atom. The lowest BCUT2D eigenvalue weighted by molar-refractivity contribution is -0.173. The van der Waals surface area contributed by atoms with Crippen LogP contribution in [0.4, 0.5) is 13.2 Å². The number of aromatic nitrogens is 2. The topological polar surface area (TPSA) is 84.0 Å². The molecule has 0 saturated heterocycles. The lowest BCUT2D eigenvalue weighted by atomic mass is 10.3. The average Bonchev–Trinajstić information content (AvgIpc) is 2.37. The lowest BCUT2D eigenvalue weighted by Gasteiger charge is -2.08. The molecule has 0 saturated carbocycles. The van der Waals surface area contributed by atoms with E-state index in [0.29, 0.717) is 0 Å². The van der Waals surface area contributed by atoms with Gasteiger partial charge in [0.25, 0.3) is 5.91 Å². The van der Waals surface area contributed by atoms with Gasteiger partial charge >= 0.3 is 12.1 Å². The second kappa shape index (κ2) is 6.66. The molecule has 0 aliphatic carbocycles. The van der Waals surface area contributed by atoms with Crippen LogP contribution in [0.3, 0.4) is 0 Å². The van der Waals surface area contributed by atoms with Crippen molar-refractivity contribution in [2.75, 3.05) is 13.1 Å². The molecule has 19 heavy (non-hydrogen) atoms. The number of nitrogens with one attached hydrogen (secondary N) is 2. The molecule has 1 aromatic rings. The summed E-state index contributed by atoms with van der Waals surface area (Å²) in [6.07, 6.45) is -0.695. The minimum Gasteiger partial charge on any atom is -0.351 e. The van der Waals surface area contributed by atoms with Crippen molar-refractivity contribution < 1.29 is 22.8 Å². The summed E-state index contributed by atoms with van der Waals surface area (Å²) in [5.74, 6) is -2.47. The Morgan fingerprint density at radius 3 is 2.42 bits per heavy atom. The number of rotatable bonds is 5. The van der Waals surface area contributed by atoms with Crippen molar-refractivity contribution in [3.63, 3.8) is 0 Å². The van der Waals surface area contributed by atoms with E-state index >= 15 is 0 Å². The van der Waals surface area contributed by atoms with E-state index in [0.717, 1.165) is 0 Å². The zero-order chi connectivity index (χ0) is 14.3. The van der Waals surface area contributed by atoms with Crippen LogP contribution < -0.4 is 10.6 Å². The number of carbonyl (C=O) groups excluding carboxylic acids is 2. The van der Waals surface area contributed by atoms with Gasteiger partial charge in [-0.1, -0.05) is 0 Å². The fourth-order valence-electron chi connectivity index (χ4n) is 1.10. The first kappa shape index (κ1) is 14.9. The Morgan fingerprint density at radius 1 is 1.16 bits per heavy atom. The largest absolute Gasteiger partial charge is 0.471 e. The van der Waals surface area contributed by atoms with Gasteiger partial charge in [-0.15, -0.1) is 0 Å². The van der Waals surface area contributed by atoms with Gasteiger partial charge in [-0.25, -0.2) is 4.98 Å². The van der Waals surface area contributed by atoms with Crippen molar-refractivity contribution >= 4 is 11.8 Å². The van der Waals surface area contributed by atoms with Gasteiger partial charge in [0.1, 0.15) is 5.69 Å². The minimum atomic E-state index is -4.89. The van der Waals surface area contributed by atoms with Crippen LogP contribution in [0, 0.1) is 0 Å². The highest BCUT2D eigenvalue weighted by Crippen LogP contribution is 2.13. The maximum Gasteiger partial charge on any atom is 0.471 e. The molecular formula is C10H11F3N4O2. The first-order valence-electron chi connectivity index (χ1n) is 5.30. The van der Waals surface area contributed by atoms with Crippen molar-refractivity contribution in [2.45, 2.75) is 12.6 Å². The smallest absolute Gasteiger partial charge is 0.351 e. The normalized spacial score (nSPS) is 10.9. The number of hydrogen-bond acceptors (Lipinski definition) is 4. The maximum absolute atomic E-state index is 11.8. The third-order valence-electron chi connectivity index (χ3n) is 1.98. The number of amides is 2. The van der Waals surface area contributed by atoms with Crippen molar-refractivity contribution in [1.82, 2.24) is 20.6 Å². The van der Waals surface area contributed by atoms with E-state index in [1.54, 1.807) is 5.32 Å². The summed E-state index contributed by atoms with van der Waals surface area (Å²) in [5, 5.41) is 4.13. The molecule has 1 rings (SSSR count). The molecule has 0 atom stereocenters. The molecule has 0 fully saturated rings. The van der Waals surface area contributed by atoms with Gasteiger partial charge in [-0.2, -0.15) is 13.2 Å². The number of hydrogen-bond donors (Lipinski definition) is 2. The number of alkyl halides is 3. The van der Waals surface area contributed by atoms with Crippen LogP contribution in [0.5, 0.6) is 0 Å². The fourth-order valence-corrected chi connectivity index (χ4v) is 1.10. The highest BCUT2D eigenvalue weighted by atomic mass is 19.4. The quantitative estimate of drug-likeness (QED) is 0.756. The van der Waals surface area contributed by atoms with E-state index in [-0.39, 0.29) is 25.2 Å². The molecule has 0 aromatic carbocycles. The van der Waals surface area contributed by atoms with Gasteiger partial charge < -0.3 is 10.6 Å². The molecule has 104 valence electrons. The summed E-state index contributed by atoms with van der Waals surface area (Å²) in [6, 6.07) is 0. The molecule has 0 aliphatic heterocycles. The Balaban J connectivity index is 2.18. The van der Waals surface area contributed by atoms with E-state index in [1.807, 2.05) is 0 Å². The zero-order valence-electron chi connectivity index (χ0n) is 9.70. The molecule has 1 aromatic heterocycles. The Kier molecular flexibility index (Phi) is 5.22. The summed E-state index contributed by atoms with van der Waals surface area (Å²) in [7, 11) is 0. The second-order valence-corrected chi connectivity index (χ2v) is 3.45. The van der Waals surface area contributed by atoms with Gasteiger partial charge in [0.15, 0.2) is 0 Å².